The highest BCUT2D eigenvalue weighted by atomic mass is 32.2. The normalized spacial score (nSPS) is 17.7. The molecule has 7 heteroatoms. The molecule has 0 saturated carbocycles. The van der Waals surface area contributed by atoms with Gasteiger partial charge in [0.05, 0.1) is 0 Å². The van der Waals surface area contributed by atoms with Crippen molar-refractivity contribution in [1.29, 1.82) is 0 Å². The third-order valence-corrected chi connectivity index (χ3v) is 6.56. The second-order valence-corrected chi connectivity index (χ2v) is 8.74. The van der Waals surface area contributed by atoms with Crippen LogP contribution in [0.2, 0.25) is 0 Å². The van der Waals surface area contributed by atoms with Crippen LogP contribution in [0, 0.1) is 11.7 Å². The maximum absolute atomic E-state index is 13.8. The van der Waals surface area contributed by atoms with Crippen LogP contribution in [0.3, 0.4) is 0 Å². The van der Waals surface area contributed by atoms with Gasteiger partial charge in [-0.1, -0.05) is 19.1 Å². The summed E-state index contributed by atoms with van der Waals surface area (Å²) in [5.41, 5.74) is -0.270. The molecule has 0 radical (unpaired) electrons. The molecule has 0 aromatic heterocycles. The van der Waals surface area contributed by atoms with Gasteiger partial charge in [-0.05, 0) is 45.2 Å². The second-order valence-electron chi connectivity index (χ2n) is 6.84. The first-order valence-corrected chi connectivity index (χ1v) is 9.68. The molecule has 0 bridgehead atoms. The molecular weight excluding hydrogens is 331 g/mol. The number of benzene rings is 1. The van der Waals surface area contributed by atoms with Crippen LogP contribution in [0.4, 0.5) is 4.39 Å². The molecule has 1 aliphatic rings. The van der Waals surface area contributed by atoms with Gasteiger partial charge in [0.2, 0.25) is 15.9 Å². The van der Waals surface area contributed by atoms with E-state index in [1.807, 2.05) is 20.8 Å². The maximum atomic E-state index is 13.8. The number of hydrogen-bond acceptors (Lipinski definition) is 3. The Morgan fingerprint density at radius 2 is 1.88 bits per heavy atom. The van der Waals surface area contributed by atoms with E-state index in [1.165, 1.54) is 22.5 Å². The van der Waals surface area contributed by atoms with Gasteiger partial charge in [0.15, 0.2) is 0 Å². The lowest BCUT2D eigenvalue weighted by Crippen LogP contribution is -2.49. The van der Waals surface area contributed by atoms with Gasteiger partial charge in [0.1, 0.15) is 10.7 Å². The van der Waals surface area contributed by atoms with E-state index in [1.54, 1.807) is 0 Å². The van der Waals surface area contributed by atoms with E-state index in [0.717, 1.165) is 12.5 Å². The molecule has 134 valence electrons. The molecule has 0 atom stereocenters. The van der Waals surface area contributed by atoms with E-state index in [9.17, 15) is 17.6 Å². The van der Waals surface area contributed by atoms with Crippen LogP contribution < -0.4 is 5.32 Å². The lowest BCUT2D eigenvalue weighted by molar-refractivity contribution is -0.127. The molecule has 24 heavy (non-hydrogen) atoms. The number of sulfonamides is 1. The highest BCUT2D eigenvalue weighted by Gasteiger charge is 2.34. The molecule has 2 rings (SSSR count). The Morgan fingerprint density at radius 3 is 2.42 bits per heavy atom. The Balaban J connectivity index is 2.03. The Hall–Kier alpha value is -1.47. The highest BCUT2D eigenvalue weighted by molar-refractivity contribution is 7.89. The molecule has 0 unspecified atom stereocenters. The lowest BCUT2D eigenvalue weighted by atomic mass is 9.94. The topological polar surface area (TPSA) is 66.5 Å². The molecular formula is C17H25FN2O3S. The number of carbonyl (C=O) groups is 1. The zero-order valence-electron chi connectivity index (χ0n) is 14.4. The Morgan fingerprint density at radius 1 is 1.29 bits per heavy atom. The summed E-state index contributed by atoms with van der Waals surface area (Å²) in [6.07, 6.45) is 1.71. The Bertz CT molecular complexity index is 696. The van der Waals surface area contributed by atoms with E-state index in [0.29, 0.717) is 12.8 Å². The molecule has 1 heterocycles. The number of carbonyl (C=O) groups excluding carboxylic acids is 1. The highest BCUT2D eigenvalue weighted by Crippen LogP contribution is 2.26. The fraction of sp³-hybridized carbons (Fsp3) is 0.588. The third-order valence-electron chi connectivity index (χ3n) is 4.62. The van der Waals surface area contributed by atoms with Crippen LogP contribution >= 0.6 is 0 Å². The van der Waals surface area contributed by atoms with Crippen LogP contribution in [0.5, 0.6) is 0 Å². The maximum Gasteiger partial charge on any atom is 0.245 e. The minimum absolute atomic E-state index is 0.0372. The minimum Gasteiger partial charge on any atom is -0.351 e. The van der Waals surface area contributed by atoms with E-state index in [-0.39, 0.29) is 35.3 Å². The van der Waals surface area contributed by atoms with Gasteiger partial charge in [-0.25, -0.2) is 12.8 Å². The summed E-state index contributed by atoms with van der Waals surface area (Å²) in [6, 6.07) is 5.37. The molecule has 1 fully saturated rings. The summed E-state index contributed by atoms with van der Waals surface area (Å²) in [6.45, 7) is 6.37. The molecule has 1 aromatic rings. The van der Waals surface area contributed by atoms with Gasteiger partial charge >= 0.3 is 0 Å². The minimum atomic E-state index is -3.85. The van der Waals surface area contributed by atoms with Gasteiger partial charge in [-0.3, -0.25) is 4.79 Å². The largest absolute Gasteiger partial charge is 0.351 e. The fourth-order valence-electron chi connectivity index (χ4n) is 2.68. The molecule has 1 aliphatic heterocycles. The molecule has 1 aromatic carbocycles. The molecule has 5 nitrogen and oxygen atoms in total. The standard InChI is InChI=1S/C17H25FN2O3S/c1-4-17(2,3)19-16(21)13-9-11-20(12-10-13)24(22,23)15-8-6-5-7-14(15)18/h5-8,13H,4,9-12H2,1-3H3,(H,19,21). The lowest BCUT2D eigenvalue weighted by Gasteiger charge is -2.33. The van der Waals surface area contributed by atoms with Crippen molar-refractivity contribution in [3.8, 4) is 0 Å². The van der Waals surface area contributed by atoms with Crippen molar-refractivity contribution >= 4 is 15.9 Å². The third kappa shape index (κ3) is 4.13. The van der Waals surface area contributed by atoms with E-state index < -0.39 is 15.8 Å². The quantitative estimate of drug-likeness (QED) is 0.882. The van der Waals surface area contributed by atoms with E-state index in [4.69, 9.17) is 0 Å². The van der Waals surface area contributed by atoms with E-state index >= 15 is 0 Å². The summed E-state index contributed by atoms with van der Waals surface area (Å²) in [7, 11) is -3.85. The average molecular weight is 356 g/mol. The van der Waals surface area contributed by atoms with E-state index in [2.05, 4.69) is 5.32 Å². The fourth-order valence-corrected chi connectivity index (χ4v) is 4.21. The SMILES string of the molecule is CCC(C)(C)NC(=O)C1CCN(S(=O)(=O)c2ccccc2F)CC1. The molecule has 1 N–H and O–H groups in total. The first-order valence-electron chi connectivity index (χ1n) is 8.24. The van der Waals surface area contributed by atoms with Crippen LogP contribution in [0.25, 0.3) is 0 Å². The summed E-state index contributed by atoms with van der Waals surface area (Å²) in [4.78, 5) is 12.0. The summed E-state index contributed by atoms with van der Waals surface area (Å²) in [5.74, 6) is -0.991. The van der Waals surface area contributed by atoms with Crippen LogP contribution in [-0.2, 0) is 14.8 Å². The van der Waals surface area contributed by atoms with Crippen molar-refractivity contribution in [1.82, 2.24) is 9.62 Å². The number of halogens is 1. The zero-order chi connectivity index (χ0) is 18.0. The van der Waals surface area contributed by atoms with Crippen molar-refractivity contribution < 1.29 is 17.6 Å². The summed E-state index contributed by atoms with van der Waals surface area (Å²) >= 11 is 0. The number of amides is 1. The summed E-state index contributed by atoms with van der Waals surface area (Å²) < 4.78 is 40.2. The van der Waals surface area contributed by atoms with Gasteiger partial charge < -0.3 is 5.32 Å². The number of piperidine rings is 1. The smallest absolute Gasteiger partial charge is 0.245 e. The van der Waals surface area contributed by atoms with Crippen LogP contribution in [0.1, 0.15) is 40.0 Å². The van der Waals surface area contributed by atoms with Crippen molar-refractivity contribution in [3.05, 3.63) is 30.1 Å². The predicted molar refractivity (Wildman–Crippen MR) is 90.4 cm³/mol. The van der Waals surface area contributed by atoms with Crippen molar-refractivity contribution in [2.24, 2.45) is 5.92 Å². The number of nitrogens with zero attached hydrogens (tertiary/aromatic N) is 1. The zero-order valence-corrected chi connectivity index (χ0v) is 15.2. The van der Waals surface area contributed by atoms with Crippen molar-refractivity contribution in [2.75, 3.05) is 13.1 Å². The first-order chi connectivity index (χ1) is 11.2. The van der Waals surface area contributed by atoms with Gasteiger partial charge in [-0.2, -0.15) is 4.31 Å². The monoisotopic (exact) mass is 356 g/mol. The van der Waals surface area contributed by atoms with Gasteiger partial charge in [-0.15, -0.1) is 0 Å². The average Bonchev–Trinajstić information content (AvgIpc) is 2.55. The van der Waals surface area contributed by atoms with Gasteiger partial charge in [0.25, 0.3) is 0 Å². The molecule has 0 spiro atoms. The predicted octanol–water partition coefficient (Wildman–Crippen LogP) is 2.53. The van der Waals surface area contributed by atoms with Crippen molar-refractivity contribution in [2.45, 2.75) is 50.5 Å². The molecule has 1 amide bonds. The Kier molecular flexibility index (Phi) is 5.65. The number of hydrogen-bond donors (Lipinski definition) is 1. The molecule has 0 aliphatic carbocycles. The van der Waals surface area contributed by atoms with Crippen LogP contribution in [-0.4, -0.2) is 37.3 Å². The first kappa shape index (κ1) is 18.9. The molecule has 1 saturated heterocycles. The Labute approximate surface area is 143 Å². The number of nitrogens with one attached hydrogen (secondary N) is 1. The second kappa shape index (κ2) is 7.19. The summed E-state index contributed by atoms with van der Waals surface area (Å²) in [5, 5.41) is 3.00. The van der Waals surface area contributed by atoms with Gasteiger partial charge in [0, 0.05) is 24.5 Å². The van der Waals surface area contributed by atoms with Crippen molar-refractivity contribution in [3.63, 3.8) is 0 Å². The van der Waals surface area contributed by atoms with Crippen LogP contribution in [0.15, 0.2) is 29.2 Å². The number of rotatable bonds is 5.